The van der Waals surface area contributed by atoms with Crippen LogP contribution < -0.4 is 14.2 Å². The number of benzene rings is 2. The molecule has 3 rings (SSSR count). The van der Waals surface area contributed by atoms with Crippen LogP contribution in [0.25, 0.3) is 11.1 Å². The third kappa shape index (κ3) is 5.90. The Morgan fingerprint density at radius 3 is 2.38 bits per heavy atom. The first kappa shape index (κ1) is 25.1. The highest BCUT2D eigenvalue weighted by Gasteiger charge is 2.25. The van der Waals surface area contributed by atoms with Crippen LogP contribution in [-0.2, 0) is 12.8 Å². The summed E-state index contributed by atoms with van der Waals surface area (Å²) in [5, 5.41) is 11.7. The average molecular weight is 464 g/mol. The summed E-state index contributed by atoms with van der Waals surface area (Å²) in [6.07, 6.45) is 6.03. The number of carbonyl (C=O) groups excluding carboxylic acids is 1. The normalized spacial score (nSPS) is 10.7. The third-order valence-corrected chi connectivity index (χ3v) is 5.68. The van der Waals surface area contributed by atoms with Crippen molar-refractivity contribution >= 4 is 5.97 Å². The predicted octanol–water partition coefficient (Wildman–Crippen LogP) is 5.85. The zero-order valence-corrected chi connectivity index (χ0v) is 20.5. The van der Waals surface area contributed by atoms with Crippen molar-refractivity contribution in [1.82, 2.24) is 15.4 Å². The molecule has 0 spiro atoms. The van der Waals surface area contributed by atoms with E-state index in [1.165, 1.54) is 19.1 Å². The van der Waals surface area contributed by atoms with Gasteiger partial charge in [-0.25, -0.2) is 4.79 Å². The Hall–Kier alpha value is -3.48. The van der Waals surface area contributed by atoms with E-state index >= 15 is 0 Å². The Bertz CT molecular complexity index is 1090. The highest BCUT2D eigenvalue weighted by molar-refractivity contribution is 5.97. The van der Waals surface area contributed by atoms with Crippen molar-refractivity contribution in [3.63, 3.8) is 0 Å². The largest absolute Gasteiger partial charge is 0.489 e. The minimum absolute atomic E-state index is 0.0320. The molecule has 0 bridgehead atoms. The summed E-state index contributed by atoms with van der Waals surface area (Å²) in [4.78, 5) is 13.3. The van der Waals surface area contributed by atoms with Crippen LogP contribution in [0.4, 0.5) is 0 Å². The van der Waals surface area contributed by atoms with Crippen LogP contribution in [-0.4, -0.2) is 35.1 Å². The zero-order valence-electron chi connectivity index (χ0n) is 20.5. The number of rotatable bonds is 12. The molecule has 0 amide bonds. The molecule has 0 unspecified atom stereocenters. The summed E-state index contributed by atoms with van der Waals surface area (Å²) in [6, 6.07) is 13.1. The second-order valence-electron chi connectivity index (χ2n) is 7.92. The number of methoxy groups -OCH3 is 1. The number of unbranched alkanes of at least 4 members (excludes halogenated alkanes) is 3. The van der Waals surface area contributed by atoms with Crippen LogP contribution in [0.15, 0.2) is 42.5 Å². The summed E-state index contributed by atoms with van der Waals surface area (Å²) in [6.45, 7) is 6.94. The van der Waals surface area contributed by atoms with E-state index in [0.717, 1.165) is 43.2 Å². The molecular formula is C27H33N3O4. The van der Waals surface area contributed by atoms with Crippen LogP contribution in [0, 0.1) is 0 Å². The van der Waals surface area contributed by atoms with E-state index in [0.29, 0.717) is 23.7 Å². The van der Waals surface area contributed by atoms with Crippen molar-refractivity contribution in [2.45, 2.75) is 59.3 Å². The van der Waals surface area contributed by atoms with Crippen LogP contribution in [0.1, 0.15) is 68.1 Å². The fraction of sp³-hybridized carbons (Fsp3) is 0.407. The highest BCUT2D eigenvalue weighted by Crippen LogP contribution is 2.37. The van der Waals surface area contributed by atoms with Crippen LogP contribution in [0.2, 0.25) is 0 Å². The van der Waals surface area contributed by atoms with Gasteiger partial charge in [0.2, 0.25) is 5.88 Å². The fourth-order valence-corrected chi connectivity index (χ4v) is 3.92. The molecule has 0 fully saturated rings. The van der Waals surface area contributed by atoms with Crippen molar-refractivity contribution in [1.29, 1.82) is 0 Å². The summed E-state index contributed by atoms with van der Waals surface area (Å²) >= 11 is 0. The molecule has 0 saturated carbocycles. The van der Waals surface area contributed by atoms with Crippen LogP contribution >= 0.6 is 0 Å². The minimum Gasteiger partial charge on any atom is -0.489 e. The maximum atomic E-state index is 13.3. The molecule has 0 radical (unpaired) electrons. The maximum absolute atomic E-state index is 13.3. The first-order chi connectivity index (χ1) is 16.6. The van der Waals surface area contributed by atoms with Gasteiger partial charge in [-0.05, 0) is 41.7 Å². The zero-order chi connectivity index (χ0) is 24.3. The third-order valence-electron chi connectivity index (χ3n) is 5.68. The lowest BCUT2D eigenvalue weighted by Gasteiger charge is -2.18. The molecule has 180 valence electrons. The Labute approximate surface area is 201 Å². The van der Waals surface area contributed by atoms with E-state index in [1.807, 2.05) is 36.4 Å². The number of hydrogen-bond acceptors (Lipinski definition) is 7. The van der Waals surface area contributed by atoms with Gasteiger partial charge in [-0.3, -0.25) is 0 Å². The SMILES string of the molecule is CCCCCCOc1c(OC(=O)c2nnnc(OC)c2-c2ccccc2)ccc(CC)c1CC. The number of esters is 1. The van der Waals surface area contributed by atoms with Gasteiger partial charge in [0.05, 0.1) is 19.3 Å². The number of aryl methyl sites for hydroxylation is 1. The minimum atomic E-state index is -0.644. The Morgan fingerprint density at radius 2 is 1.71 bits per heavy atom. The Kier molecular flexibility index (Phi) is 9.38. The van der Waals surface area contributed by atoms with Gasteiger partial charge in [0.25, 0.3) is 0 Å². The van der Waals surface area contributed by atoms with Crippen molar-refractivity contribution < 1.29 is 19.0 Å². The standard InChI is InChI=1S/C27H33N3O4/c1-5-8-9-13-18-33-25-21(7-3)19(6-2)16-17-22(25)34-27(31)24-23(20-14-11-10-12-15-20)26(32-4)29-30-28-24/h10-12,14-17H,5-9,13,18H2,1-4H3. The van der Waals surface area contributed by atoms with Gasteiger partial charge < -0.3 is 14.2 Å². The van der Waals surface area contributed by atoms with Crippen molar-refractivity contribution in [2.75, 3.05) is 13.7 Å². The number of carbonyl (C=O) groups is 1. The monoisotopic (exact) mass is 463 g/mol. The molecule has 0 atom stereocenters. The highest BCUT2D eigenvalue weighted by atomic mass is 16.6. The quantitative estimate of drug-likeness (QED) is 0.189. The second-order valence-corrected chi connectivity index (χ2v) is 7.92. The van der Waals surface area contributed by atoms with Gasteiger partial charge in [-0.2, -0.15) is 0 Å². The number of ether oxygens (including phenoxy) is 3. The van der Waals surface area contributed by atoms with Crippen molar-refractivity contribution in [3.05, 3.63) is 59.3 Å². The molecule has 0 N–H and O–H groups in total. The van der Waals surface area contributed by atoms with Gasteiger partial charge >= 0.3 is 5.97 Å². The van der Waals surface area contributed by atoms with Gasteiger partial charge in [0.15, 0.2) is 17.2 Å². The van der Waals surface area contributed by atoms with Gasteiger partial charge in [-0.15, -0.1) is 5.10 Å². The smallest absolute Gasteiger partial charge is 0.365 e. The van der Waals surface area contributed by atoms with E-state index in [2.05, 4.69) is 36.2 Å². The first-order valence-electron chi connectivity index (χ1n) is 12.0. The molecule has 34 heavy (non-hydrogen) atoms. The van der Waals surface area contributed by atoms with Crippen molar-refractivity contribution in [3.8, 4) is 28.5 Å². The first-order valence-corrected chi connectivity index (χ1v) is 12.0. The van der Waals surface area contributed by atoms with Crippen LogP contribution in [0.3, 0.4) is 0 Å². The predicted molar refractivity (Wildman–Crippen MR) is 132 cm³/mol. The molecular weight excluding hydrogens is 430 g/mol. The van der Waals surface area contributed by atoms with Crippen molar-refractivity contribution in [2.24, 2.45) is 0 Å². The summed E-state index contributed by atoms with van der Waals surface area (Å²) in [5.41, 5.74) is 3.44. The molecule has 2 aromatic carbocycles. The summed E-state index contributed by atoms with van der Waals surface area (Å²) < 4.78 is 17.4. The molecule has 7 nitrogen and oxygen atoms in total. The Balaban J connectivity index is 1.96. The summed E-state index contributed by atoms with van der Waals surface area (Å²) in [7, 11) is 1.48. The van der Waals surface area contributed by atoms with E-state index in [-0.39, 0.29) is 11.6 Å². The number of nitrogens with zero attached hydrogens (tertiary/aromatic N) is 3. The molecule has 0 aliphatic carbocycles. The number of aromatic nitrogens is 3. The summed E-state index contributed by atoms with van der Waals surface area (Å²) in [5.74, 6) is 0.568. The van der Waals surface area contributed by atoms with Gasteiger partial charge in [-0.1, -0.05) is 81.5 Å². The molecule has 1 aromatic heterocycles. The van der Waals surface area contributed by atoms with E-state index in [1.54, 1.807) is 6.07 Å². The average Bonchev–Trinajstić information content (AvgIpc) is 2.88. The van der Waals surface area contributed by atoms with E-state index in [9.17, 15) is 4.79 Å². The second kappa shape index (κ2) is 12.7. The molecule has 0 aliphatic rings. The maximum Gasteiger partial charge on any atom is 0.365 e. The molecule has 3 aromatic rings. The lowest BCUT2D eigenvalue weighted by Crippen LogP contribution is -2.16. The lowest BCUT2D eigenvalue weighted by atomic mass is 10.0. The lowest BCUT2D eigenvalue weighted by molar-refractivity contribution is 0.0720. The van der Waals surface area contributed by atoms with E-state index in [4.69, 9.17) is 14.2 Å². The fourth-order valence-electron chi connectivity index (χ4n) is 3.92. The molecule has 1 heterocycles. The molecule has 7 heteroatoms. The van der Waals surface area contributed by atoms with Gasteiger partial charge in [0.1, 0.15) is 0 Å². The van der Waals surface area contributed by atoms with E-state index < -0.39 is 5.97 Å². The molecule has 0 saturated heterocycles. The van der Waals surface area contributed by atoms with Gasteiger partial charge in [0, 0.05) is 5.56 Å². The van der Waals surface area contributed by atoms with Crippen LogP contribution in [0.5, 0.6) is 17.4 Å². The molecule has 0 aliphatic heterocycles. The topological polar surface area (TPSA) is 83.4 Å². The number of hydrogen-bond donors (Lipinski definition) is 0. The Morgan fingerprint density at radius 1 is 0.912 bits per heavy atom.